The van der Waals surface area contributed by atoms with Crippen molar-refractivity contribution in [2.75, 3.05) is 17.7 Å². The van der Waals surface area contributed by atoms with Crippen molar-refractivity contribution in [3.63, 3.8) is 0 Å². The Labute approximate surface area is 203 Å². The zero-order chi connectivity index (χ0) is 25.6. The van der Waals surface area contributed by atoms with E-state index in [0.29, 0.717) is 34.9 Å². The number of nitrogens with one attached hydrogen (secondary N) is 3. The highest BCUT2D eigenvalue weighted by atomic mass is 16.6. The summed E-state index contributed by atoms with van der Waals surface area (Å²) in [6.45, 7) is 13.3. The molecule has 0 radical (unpaired) electrons. The minimum atomic E-state index is -0.853. The lowest BCUT2D eigenvalue weighted by molar-refractivity contribution is -0.124. The van der Waals surface area contributed by atoms with Crippen molar-refractivity contribution in [2.45, 2.75) is 79.4 Å². The molecule has 0 unspecified atom stereocenters. The van der Waals surface area contributed by atoms with Crippen LogP contribution in [0.5, 0.6) is 5.75 Å². The van der Waals surface area contributed by atoms with Crippen molar-refractivity contribution >= 4 is 29.3 Å². The van der Waals surface area contributed by atoms with Gasteiger partial charge in [-0.1, -0.05) is 27.2 Å². The number of amides is 3. The summed E-state index contributed by atoms with van der Waals surface area (Å²) in [6, 6.07) is 4.25. The van der Waals surface area contributed by atoms with Crippen LogP contribution in [-0.2, 0) is 14.3 Å². The summed E-state index contributed by atoms with van der Waals surface area (Å²) in [5, 5.41) is 8.36. The van der Waals surface area contributed by atoms with Crippen LogP contribution in [0, 0.1) is 23.7 Å². The molecule has 0 heterocycles. The molecule has 3 N–H and O–H groups in total. The second kappa shape index (κ2) is 11.6. The summed E-state index contributed by atoms with van der Waals surface area (Å²) in [5.41, 5.74) is 0.222. The number of hydrogen-bond donors (Lipinski definition) is 3. The molecule has 8 heteroatoms. The molecule has 0 spiro atoms. The molecule has 1 aromatic carbocycles. The summed E-state index contributed by atoms with van der Waals surface area (Å²) >= 11 is 0. The molecule has 34 heavy (non-hydrogen) atoms. The van der Waals surface area contributed by atoms with Gasteiger partial charge in [0, 0.05) is 12.0 Å². The second-order valence-corrected chi connectivity index (χ2v) is 10.7. The largest absolute Gasteiger partial charge is 0.497 e. The van der Waals surface area contributed by atoms with Gasteiger partial charge in [-0.05, 0) is 70.4 Å². The average molecular weight is 476 g/mol. The lowest BCUT2D eigenvalue weighted by Crippen LogP contribution is -2.44. The van der Waals surface area contributed by atoms with E-state index in [0.717, 1.165) is 19.3 Å². The van der Waals surface area contributed by atoms with Gasteiger partial charge in [0.1, 0.15) is 17.4 Å². The van der Waals surface area contributed by atoms with Gasteiger partial charge in [0.25, 0.3) is 0 Å². The number of ether oxygens (including phenoxy) is 2. The standard InChI is InChI=1S/C26H41N3O5/c1-15(2)19-11-9-16(3)13-20(19)24(31)28-21-12-10-18(33-8)14-22(21)29-23(30)17(4)27-25(32)34-26(5,6)7/h10,12,14-17,19-20H,9,11,13H2,1-8H3,(H,27,32)(H,28,31)(H,29,30)/t16-,17-,19+,20-/m1/s1. The zero-order valence-corrected chi connectivity index (χ0v) is 21.8. The molecule has 3 amide bonds. The number of hydrogen-bond acceptors (Lipinski definition) is 5. The van der Waals surface area contributed by atoms with Crippen LogP contribution in [0.2, 0.25) is 0 Å². The molecule has 1 aromatic rings. The highest BCUT2D eigenvalue weighted by Gasteiger charge is 2.35. The third-order valence-electron chi connectivity index (χ3n) is 6.23. The second-order valence-electron chi connectivity index (χ2n) is 10.7. The van der Waals surface area contributed by atoms with E-state index in [4.69, 9.17) is 9.47 Å². The first-order valence-electron chi connectivity index (χ1n) is 12.1. The van der Waals surface area contributed by atoms with Crippen LogP contribution < -0.4 is 20.7 Å². The van der Waals surface area contributed by atoms with Gasteiger partial charge in [0.05, 0.1) is 18.5 Å². The molecule has 0 bridgehead atoms. The van der Waals surface area contributed by atoms with Gasteiger partial charge in [-0.2, -0.15) is 0 Å². The van der Waals surface area contributed by atoms with Gasteiger partial charge in [-0.25, -0.2) is 4.79 Å². The molecule has 1 saturated carbocycles. The highest BCUT2D eigenvalue weighted by Crippen LogP contribution is 2.39. The number of anilines is 2. The number of alkyl carbamates (subject to hydrolysis) is 1. The third-order valence-corrected chi connectivity index (χ3v) is 6.23. The first-order chi connectivity index (χ1) is 15.8. The lowest BCUT2D eigenvalue weighted by Gasteiger charge is -2.36. The Morgan fingerprint density at radius 3 is 2.29 bits per heavy atom. The maximum atomic E-state index is 13.3. The molecule has 1 fully saturated rings. The molecule has 4 atom stereocenters. The summed E-state index contributed by atoms with van der Waals surface area (Å²) in [7, 11) is 1.53. The summed E-state index contributed by atoms with van der Waals surface area (Å²) in [4.78, 5) is 38.1. The van der Waals surface area contributed by atoms with E-state index in [1.807, 2.05) is 0 Å². The van der Waals surface area contributed by atoms with E-state index in [2.05, 4.69) is 36.7 Å². The summed E-state index contributed by atoms with van der Waals surface area (Å²) in [5.74, 6) is 1.21. The first-order valence-corrected chi connectivity index (χ1v) is 12.1. The van der Waals surface area contributed by atoms with Crippen LogP contribution in [0.25, 0.3) is 0 Å². The summed E-state index contributed by atoms with van der Waals surface area (Å²) < 4.78 is 10.5. The summed E-state index contributed by atoms with van der Waals surface area (Å²) in [6.07, 6.45) is 2.35. The van der Waals surface area contributed by atoms with Crippen LogP contribution in [-0.4, -0.2) is 36.7 Å². The van der Waals surface area contributed by atoms with Crippen LogP contribution in [0.15, 0.2) is 18.2 Å². The zero-order valence-electron chi connectivity index (χ0n) is 21.8. The Kier molecular flexibility index (Phi) is 9.36. The van der Waals surface area contributed by atoms with E-state index in [9.17, 15) is 14.4 Å². The van der Waals surface area contributed by atoms with Gasteiger partial charge in [0.2, 0.25) is 11.8 Å². The SMILES string of the molecule is COc1ccc(NC(=O)[C@@H]2C[C@H](C)CC[C@H]2C(C)C)c(NC(=O)[C@@H](C)NC(=O)OC(C)(C)C)c1. The van der Waals surface area contributed by atoms with Gasteiger partial charge in [-0.3, -0.25) is 9.59 Å². The van der Waals surface area contributed by atoms with Gasteiger partial charge < -0.3 is 25.4 Å². The van der Waals surface area contributed by atoms with Crippen LogP contribution in [0.4, 0.5) is 16.2 Å². The number of benzene rings is 1. The minimum Gasteiger partial charge on any atom is -0.497 e. The highest BCUT2D eigenvalue weighted by molar-refractivity contribution is 6.02. The Hall–Kier alpha value is -2.77. The Morgan fingerprint density at radius 2 is 1.71 bits per heavy atom. The monoisotopic (exact) mass is 475 g/mol. The Balaban J connectivity index is 2.17. The first kappa shape index (κ1) is 27.5. The van der Waals surface area contributed by atoms with Crippen LogP contribution in [0.3, 0.4) is 0 Å². The third kappa shape index (κ3) is 7.92. The number of carbonyl (C=O) groups is 3. The molecule has 1 aliphatic carbocycles. The fourth-order valence-corrected chi connectivity index (χ4v) is 4.38. The number of rotatable bonds is 7. The molecule has 2 rings (SSSR count). The van der Waals surface area contributed by atoms with Crippen LogP contribution in [0.1, 0.15) is 67.7 Å². The van der Waals surface area contributed by atoms with E-state index in [1.54, 1.807) is 45.9 Å². The van der Waals surface area contributed by atoms with Crippen molar-refractivity contribution in [3.05, 3.63) is 18.2 Å². The predicted molar refractivity (Wildman–Crippen MR) is 134 cm³/mol. The van der Waals surface area contributed by atoms with Gasteiger partial charge in [-0.15, -0.1) is 0 Å². The quantitative estimate of drug-likeness (QED) is 0.503. The lowest BCUT2D eigenvalue weighted by atomic mass is 9.70. The topological polar surface area (TPSA) is 106 Å². The van der Waals surface area contributed by atoms with Crippen molar-refractivity contribution in [3.8, 4) is 5.75 Å². The van der Waals surface area contributed by atoms with E-state index >= 15 is 0 Å². The minimum absolute atomic E-state index is 0.0363. The normalized spacial score (nSPS) is 21.4. The van der Waals surface area contributed by atoms with Gasteiger partial charge in [0.15, 0.2) is 0 Å². The van der Waals surface area contributed by atoms with E-state index in [1.165, 1.54) is 7.11 Å². The fraction of sp³-hybridized carbons (Fsp3) is 0.654. The number of carbonyl (C=O) groups excluding carboxylic acids is 3. The van der Waals surface area contributed by atoms with Crippen molar-refractivity contribution in [1.82, 2.24) is 5.32 Å². The maximum absolute atomic E-state index is 13.3. The van der Waals surface area contributed by atoms with Crippen molar-refractivity contribution in [1.29, 1.82) is 0 Å². The van der Waals surface area contributed by atoms with E-state index < -0.39 is 23.6 Å². The molecule has 190 valence electrons. The Bertz CT molecular complexity index is 878. The Morgan fingerprint density at radius 1 is 1.03 bits per heavy atom. The smallest absolute Gasteiger partial charge is 0.408 e. The number of methoxy groups -OCH3 is 1. The fourth-order valence-electron chi connectivity index (χ4n) is 4.38. The van der Waals surface area contributed by atoms with E-state index in [-0.39, 0.29) is 11.8 Å². The van der Waals surface area contributed by atoms with Crippen molar-refractivity contribution in [2.24, 2.45) is 23.7 Å². The predicted octanol–water partition coefficient (Wildman–Crippen LogP) is 5.19. The average Bonchev–Trinajstić information content (AvgIpc) is 2.72. The molecule has 0 aliphatic heterocycles. The van der Waals surface area contributed by atoms with Crippen LogP contribution >= 0.6 is 0 Å². The molecule has 0 saturated heterocycles. The molecule has 8 nitrogen and oxygen atoms in total. The molecular formula is C26H41N3O5. The van der Waals surface area contributed by atoms with Crippen molar-refractivity contribution < 1.29 is 23.9 Å². The molecular weight excluding hydrogens is 434 g/mol. The molecule has 0 aromatic heterocycles. The maximum Gasteiger partial charge on any atom is 0.408 e. The molecule has 1 aliphatic rings. The van der Waals surface area contributed by atoms with Gasteiger partial charge >= 0.3 is 6.09 Å².